The van der Waals surface area contributed by atoms with Gasteiger partial charge in [-0.15, -0.1) is 5.10 Å². The Morgan fingerprint density at radius 3 is 2.86 bits per heavy atom. The van der Waals surface area contributed by atoms with Crippen LogP contribution >= 0.6 is 0 Å². The third kappa shape index (κ3) is 3.00. The standard InChI is InChI=1S/C20H24N6O3/c1-11(2)26-9-16(22-24-26)20(28)6-7-25(10-20)19(27)14-8-15(13-4-5-13)21-18-17(14)12(3)23-29-18/h8-9,11,13,28H,4-7,10H2,1-3H3. The number of carbonyl (C=O) groups is 1. The summed E-state index contributed by atoms with van der Waals surface area (Å²) in [6.07, 6.45) is 4.34. The number of aliphatic hydroxyl groups is 1. The number of pyridine rings is 1. The molecule has 29 heavy (non-hydrogen) atoms. The van der Waals surface area contributed by atoms with Gasteiger partial charge in [0.1, 0.15) is 11.3 Å². The number of hydrogen-bond donors (Lipinski definition) is 1. The van der Waals surface area contributed by atoms with Crippen LogP contribution in [0.1, 0.15) is 72.5 Å². The molecular formula is C20H24N6O3. The predicted octanol–water partition coefficient (Wildman–Crippen LogP) is 2.31. The molecule has 0 bridgehead atoms. The molecule has 2 fully saturated rings. The Bertz CT molecular complexity index is 1100. The van der Waals surface area contributed by atoms with E-state index < -0.39 is 5.60 Å². The molecule has 0 spiro atoms. The fourth-order valence-electron chi connectivity index (χ4n) is 3.96. The molecule has 1 saturated heterocycles. The van der Waals surface area contributed by atoms with Gasteiger partial charge in [0.05, 0.1) is 29.4 Å². The van der Waals surface area contributed by atoms with Gasteiger partial charge in [-0.25, -0.2) is 9.67 Å². The van der Waals surface area contributed by atoms with E-state index in [4.69, 9.17) is 4.52 Å². The molecule has 9 heteroatoms. The molecule has 0 aromatic carbocycles. The molecule has 1 amide bonds. The molecule has 3 aromatic rings. The highest BCUT2D eigenvalue weighted by Gasteiger charge is 2.43. The zero-order valence-corrected chi connectivity index (χ0v) is 16.8. The number of amides is 1. The van der Waals surface area contributed by atoms with Gasteiger partial charge in [0.15, 0.2) is 0 Å². The van der Waals surface area contributed by atoms with E-state index in [1.165, 1.54) is 0 Å². The van der Waals surface area contributed by atoms with Crippen molar-refractivity contribution in [2.75, 3.05) is 13.1 Å². The smallest absolute Gasteiger partial charge is 0.259 e. The Kier molecular flexibility index (Phi) is 3.99. The zero-order valence-electron chi connectivity index (χ0n) is 16.8. The molecule has 152 valence electrons. The number of aromatic nitrogens is 5. The maximum atomic E-state index is 13.4. The van der Waals surface area contributed by atoms with Crippen molar-refractivity contribution in [2.45, 2.75) is 57.6 Å². The van der Waals surface area contributed by atoms with Gasteiger partial charge >= 0.3 is 0 Å². The van der Waals surface area contributed by atoms with E-state index in [9.17, 15) is 9.90 Å². The van der Waals surface area contributed by atoms with Crippen LogP contribution in [0.25, 0.3) is 11.1 Å². The minimum atomic E-state index is -1.20. The topological polar surface area (TPSA) is 110 Å². The number of carbonyl (C=O) groups excluding carboxylic acids is 1. The maximum absolute atomic E-state index is 13.4. The lowest BCUT2D eigenvalue weighted by atomic mass is 10.00. The summed E-state index contributed by atoms with van der Waals surface area (Å²) in [7, 11) is 0. The molecule has 9 nitrogen and oxygen atoms in total. The van der Waals surface area contributed by atoms with Gasteiger partial charge in [0.25, 0.3) is 11.6 Å². The molecule has 1 N–H and O–H groups in total. The summed E-state index contributed by atoms with van der Waals surface area (Å²) >= 11 is 0. The zero-order chi connectivity index (χ0) is 20.3. The molecule has 5 rings (SSSR count). The molecule has 1 atom stereocenters. The molecule has 1 saturated carbocycles. The minimum absolute atomic E-state index is 0.141. The molecule has 1 unspecified atom stereocenters. The lowest BCUT2D eigenvalue weighted by Crippen LogP contribution is -2.35. The molecule has 4 heterocycles. The van der Waals surface area contributed by atoms with Crippen LogP contribution in [0.3, 0.4) is 0 Å². The Balaban J connectivity index is 1.46. The van der Waals surface area contributed by atoms with Crippen LogP contribution in [0, 0.1) is 6.92 Å². The van der Waals surface area contributed by atoms with Gasteiger partial charge in [-0.3, -0.25) is 4.79 Å². The average Bonchev–Trinajstić information content (AvgIpc) is 3.10. The van der Waals surface area contributed by atoms with Gasteiger partial charge in [0, 0.05) is 30.6 Å². The summed E-state index contributed by atoms with van der Waals surface area (Å²) in [5, 5.41) is 24.0. The molecule has 2 aliphatic rings. The number of hydrogen-bond acceptors (Lipinski definition) is 7. The van der Waals surface area contributed by atoms with Gasteiger partial charge in [-0.2, -0.15) is 0 Å². The van der Waals surface area contributed by atoms with E-state index in [0.29, 0.717) is 46.9 Å². The third-order valence-corrected chi connectivity index (χ3v) is 5.91. The highest BCUT2D eigenvalue weighted by Crippen LogP contribution is 2.41. The Hall–Kier alpha value is -2.81. The van der Waals surface area contributed by atoms with Crippen LogP contribution in [0.2, 0.25) is 0 Å². The largest absolute Gasteiger partial charge is 0.381 e. The Labute approximate surface area is 167 Å². The Morgan fingerprint density at radius 2 is 2.17 bits per heavy atom. The number of nitrogens with zero attached hydrogens (tertiary/aromatic N) is 6. The van der Waals surface area contributed by atoms with Crippen LogP contribution < -0.4 is 0 Å². The van der Waals surface area contributed by atoms with Crippen LogP contribution in [-0.4, -0.2) is 54.1 Å². The number of likely N-dealkylation sites (tertiary alicyclic amines) is 1. The molecule has 0 radical (unpaired) electrons. The quantitative estimate of drug-likeness (QED) is 0.720. The van der Waals surface area contributed by atoms with Gasteiger partial charge < -0.3 is 14.5 Å². The molecular weight excluding hydrogens is 372 g/mol. The van der Waals surface area contributed by atoms with Crippen molar-refractivity contribution in [1.29, 1.82) is 0 Å². The predicted molar refractivity (Wildman–Crippen MR) is 103 cm³/mol. The first-order chi connectivity index (χ1) is 13.9. The van der Waals surface area contributed by atoms with Gasteiger partial charge in [-0.05, 0) is 39.7 Å². The first kappa shape index (κ1) is 18.2. The van der Waals surface area contributed by atoms with E-state index in [-0.39, 0.29) is 18.5 Å². The van der Waals surface area contributed by atoms with Crippen LogP contribution in [0.4, 0.5) is 0 Å². The van der Waals surface area contributed by atoms with Gasteiger partial charge in [0.2, 0.25) is 0 Å². The van der Waals surface area contributed by atoms with Crippen molar-refractivity contribution < 1.29 is 14.4 Å². The summed E-state index contributed by atoms with van der Waals surface area (Å²) < 4.78 is 7.07. The van der Waals surface area contributed by atoms with Gasteiger partial charge in [-0.1, -0.05) is 10.4 Å². The van der Waals surface area contributed by atoms with Crippen LogP contribution in [-0.2, 0) is 5.60 Å². The second-order valence-electron chi connectivity index (χ2n) is 8.50. The van der Waals surface area contributed by atoms with Crippen molar-refractivity contribution in [3.8, 4) is 0 Å². The summed E-state index contributed by atoms with van der Waals surface area (Å²) in [6.45, 7) is 6.43. The van der Waals surface area contributed by atoms with Crippen molar-refractivity contribution in [3.05, 3.63) is 34.9 Å². The second-order valence-corrected chi connectivity index (χ2v) is 8.50. The van der Waals surface area contributed by atoms with Crippen molar-refractivity contribution in [3.63, 3.8) is 0 Å². The van der Waals surface area contributed by atoms with Crippen molar-refractivity contribution in [2.24, 2.45) is 0 Å². The van der Waals surface area contributed by atoms with E-state index in [0.717, 1.165) is 18.5 Å². The third-order valence-electron chi connectivity index (χ3n) is 5.91. The lowest BCUT2D eigenvalue weighted by Gasteiger charge is -2.21. The molecule has 1 aliphatic carbocycles. The molecule has 3 aromatic heterocycles. The lowest BCUT2D eigenvalue weighted by molar-refractivity contribution is 0.0382. The maximum Gasteiger partial charge on any atom is 0.259 e. The minimum Gasteiger partial charge on any atom is -0.381 e. The fourth-order valence-corrected chi connectivity index (χ4v) is 3.96. The number of fused-ring (bicyclic) bond motifs is 1. The van der Waals surface area contributed by atoms with Crippen molar-refractivity contribution >= 4 is 17.0 Å². The highest BCUT2D eigenvalue weighted by atomic mass is 16.5. The summed E-state index contributed by atoms with van der Waals surface area (Å²) in [6, 6.07) is 2.03. The van der Waals surface area contributed by atoms with Crippen LogP contribution in [0.5, 0.6) is 0 Å². The van der Waals surface area contributed by atoms with E-state index in [1.807, 2.05) is 26.8 Å². The monoisotopic (exact) mass is 396 g/mol. The number of β-amino-alcohol motifs (C(OH)–C–C–N with tert-alkyl or cyclic N) is 1. The van der Waals surface area contributed by atoms with Crippen LogP contribution in [0.15, 0.2) is 16.8 Å². The van der Waals surface area contributed by atoms with E-state index in [1.54, 1.807) is 15.8 Å². The average molecular weight is 396 g/mol. The first-order valence-corrected chi connectivity index (χ1v) is 10.1. The Morgan fingerprint density at radius 1 is 1.38 bits per heavy atom. The summed E-state index contributed by atoms with van der Waals surface area (Å²) in [4.78, 5) is 19.6. The highest BCUT2D eigenvalue weighted by molar-refractivity contribution is 6.06. The molecule has 1 aliphatic heterocycles. The van der Waals surface area contributed by atoms with E-state index >= 15 is 0 Å². The first-order valence-electron chi connectivity index (χ1n) is 10.1. The van der Waals surface area contributed by atoms with E-state index in [2.05, 4.69) is 20.5 Å². The SMILES string of the molecule is Cc1noc2nc(C3CC3)cc(C(=O)N3CCC(O)(c4cn(C(C)C)nn4)C3)c12. The second kappa shape index (κ2) is 6.35. The number of rotatable bonds is 4. The summed E-state index contributed by atoms with van der Waals surface area (Å²) in [5.74, 6) is 0.246. The normalized spacial score (nSPS) is 22.2. The fraction of sp³-hybridized carbons (Fsp3) is 0.550. The van der Waals surface area contributed by atoms with Crippen molar-refractivity contribution in [1.82, 2.24) is 30.0 Å². The number of aryl methyl sites for hydroxylation is 1. The summed E-state index contributed by atoms with van der Waals surface area (Å²) in [5.41, 5.74) is 1.79.